The van der Waals surface area contributed by atoms with Crippen molar-refractivity contribution in [2.45, 2.75) is 32.2 Å². The molecule has 1 unspecified atom stereocenters. The lowest BCUT2D eigenvalue weighted by atomic mass is 9.86. The molecule has 0 radical (unpaired) electrons. The summed E-state index contributed by atoms with van der Waals surface area (Å²) >= 11 is 5.64. The molecule has 1 atom stereocenters. The number of benzene rings is 1. The number of carbonyl (C=O) groups excluding carboxylic acids is 1. The van der Waals surface area contributed by atoms with Crippen molar-refractivity contribution < 1.29 is 9.21 Å². The average Bonchev–Trinajstić information content (AvgIpc) is 2.90. The van der Waals surface area contributed by atoms with Crippen LogP contribution in [0.3, 0.4) is 0 Å². The fourth-order valence-corrected chi connectivity index (χ4v) is 2.15. The van der Waals surface area contributed by atoms with E-state index in [2.05, 4.69) is 32.2 Å². The van der Waals surface area contributed by atoms with Crippen molar-refractivity contribution in [2.24, 2.45) is 0 Å². The largest absolute Gasteiger partial charge is 0.440 e. The summed E-state index contributed by atoms with van der Waals surface area (Å²) < 4.78 is 5.03. The molecule has 5 heteroatoms. The Morgan fingerprint density at radius 3 is 2.32 bits per heavy atom. The van der Waals surface area contributed by atoms with Gasteiger partial charge in [-0.25, -0.2) is 0 Å². The monoisotopic (exact) mass is 316 g/mol. The van der Waals surface area contributed by atoms with Crippen LogP contribution in [0, 0.1) is 11.3 Å². The smallest absolute Gasteiger partial charge is 0.288 e. The summed E-state index contributed by atoms with van der Waals surface area (Å²) in [4.78, 5) is 12.0. The fraction of sp³-hybridized carbons (Fsp3) is 0.294. The van der Waals surface area contributed by atoms with Crippen LogP contribution in [-0.4, -0.2) is 5.91 Å². The second-order valence-corrected chi connectivity index (χ2v) is 6.38. The predicted molar refractivity (Wildman–Crippen MR) is 84.7 cm³/mol. The molecular formula is C17H17ClN2O2. The van der Waals surface area contributed by atoms with Gasteiger partial charge < -0.3 is 9.73 Å². The van der Waals surface area contributed by atoms with Gasteiger partial charge in [-0.2, -0.15) is 5.26 Å². The Morgan fingerprint density at radius 1 is 1.23 bits per heavy atom. The lowest BCUT2D eigenvalue weighted by molar-refractivity contribution is 0.0917. The molecule has 2 rings (SSSR count). The maximum atomic E-state index is 12.0. The van der Waals surface area contributed by atoms with Crippen molar-refractivity contribution in [3.05, 3.63) is 58.5 Å². The molecule has 0 fully saturated rings. The van der Waals surface area contributed by atoms with Crippen molar-refractivity contribution in [1.82, 2.24) is 5.32 Å². The third-order valence-electron chi connectivity index (χ3n) is 3.31. The molecule has 0 aliphatic rings. The molecule has 0 saturated carbocycles. The Morgan fingerprint density at radius 2 is 1.86 bits per heavy atom. The number of amides is 1. The van der Waals surface area contributed by atoms with Gasteiger partial charge in [0, 0.05) is 0 Å². The number of nitriles is 1. The molecule has 4 nitrogen and oxygen atoms in total. The maximum Gasteiger partial charge on any atom is 0.288 e. The number of hydrogen-bond donors (Lipinski definition) is 1. The standard InChI is InChI=1S/C17H17ClN2O2/c1-17(2,3)12-6-4-11(5-7-12)13(10-19)20-16(21)14-8-9-15(18)22-14/h4-9,13H,1-3H3,(H,20,21). The van der Waals surface area contributed by atoms with E-state index in [0.717, 1.165) is 11.1 Å². The molecule has 0 spiro atoms. The molecule has 1 amide bonds. The van der Waals surface area contributed by atoms with Gasteiger partial charge in [-0.15, -0.1) is 0 Å². The van der Waals surface area contributed by atoms with Crippen LogP contribution < -0.4 is 5.32 Å². The van der Waals surface area contributed by atoms with Gasteiger partial charge in [-0.05, 0) is 40.3 Å². The summed E-state index contributed by atoms with van der Waals surface area (Å²) in [5.74, 6) is -0.394. The van der Waals surface area contributed by atoms with Crippen LogP contribution in [0.2, 0.25) is 5.22 Å². The molecule has 1 aromatic carbocycles. The molecule has 1 aromatic heterocycles. The van der Waals surface area contributed by atoms with Gasteiger partial charge in [0.25, 0.3) is 5.91 Å². The van der Waals surface area contributed by atoms with Gasteiger partial charge in [-0.1, -0.05) is 45.0 Å². The normalized spacial score (nSPS) is 12.5. The Balaban J connectivity index is 2.15. The third kappa shape index (κ3) is 3.69. The number of rotatable bonds is 3. The Labute approximate surface area is 134 Å². The van der Waals surface area contributed by atoms with Gasteiger partial charge in [0.05, 0.1) is 6.07 Å². The highest BCUT2D eigenvalue weighted by Gasteiger charge is 2.19. The van der Waals surface area contributed by atoms with E-state index < -0.39 is 11.9 Å². The highest BCUT2D eigenvalue weighted by molar-refractivity contribution is 6.29. The van der Waals surface area contributed by atoms with Crippen LogP contribution in [0.1, 0.15) is 48.5 Å². The van der Waals surface area contributed by atoms with E-state index in [4.69, 9.17) is 16.0 Å². The van der Waals surface area contributed by atoms with E-state index in [9.17, 15) is 10.1 Å². The highest BCUT2D eigenvalue weighted by atomic mass is 35.5. The first-order valence-electron chi connectivity index (χ1n) is 6.87. The fourth-order valence-electron chi connectivity index (χ4n) is 2.00. The van der Waals surface area contributed by atoms with Crippen molar-refractivity contribution in [2.75, 3.05) is 0 Å². The molecule has 0 bridgehead atoms. The molecule has 0 aliphatic carbocycles. The van der Waals surface area contributed by atoms with Crippen LogP contribution in [0.4, 0.5) is 0 Å². The first-order valence-corrected chi connectivity index (χ1v) is 7.25. The van der Waals surface area contributed by atoms with E-state index in [0.29, 0.717) is 0 Å². The minimum absolute atomic E-state index is 0.0365. The van der Waals surface area contributed by atoms with Crippen LogP contribution in [0.25, 0.3) is 0 Å². The van der Waals surface area contributed by atoms with Gasteiger partial charge >= 0.3 is 0 Å². The summed E-state index contributed by atoms with van der Waals surface area (Å²) in [6.45, 7) is 6.35. The average molecular weight is 317 g/mol. The quantitative estimate of drug-likeness (QED) is 0.921. The number of hydrogen-bond acceptors (Lipinski definition) is 3. The van der Waals surface area contributed by atoms with E-state index in [1.165, 1.54) is 12.1 Å². The molecule has 114 valence electrons. The molecule has 1 N–H and O–H groups in total. The van der Waals surface area contributed by atoms with E-state index in [1.807, 2.05) is 24.3 Å². The summed E-state index contributed by atoms with van der Waals surface area (Å²) in [6, 6.07) is 11.9. The second-order valence-electron chi connectivity index (χ2n) is 6.01. The molecular weight excluding hydrogens is 300 g/mol. The zero-order valence-corrected chi connectivity index (χ0v) is 13.4. The van der Waals surface area contributed by atoms with E-state index >= 15 is 0 Å². The van der Waals surface area contributed by atoms with Crippen LogP contribution in [-0.2, 0) is 5.41 Å². The van der Waals surface area contributed by atoms with Crippen molar-refractivity contribution in [3.8, 4) is 6.07 Å². The zero-order valence-electron chi connectivity index (χ0n) is 12.7. The molecule has 0 saturated heterocycles. The predicted octanol–water partition coefficient (Wildman–Crippen LogP) is 4.23. The molecule has 22 heavy (non-hydrogen) atoms. The number of carbonyl (C=O) groups is 1. The van der Waals surface area contributed by atoms with Crippen LogP contribution in [0.15, 0.2) is 40.8 Å². The Hall–Kier alpha value is -2.25. The van der Waals surface area contributed by atoms with Gasteiger partial charge in [-0.3, -0.25) is 4.79 Å². The summed E-state index contributed by atoms with van der Waals surface area (Å²) in [5, 5.41) is 12.0. The number of nitrogens with one attached hydrogen (secondary N) is 1. The topological polar surface area (TPSA) is 66.0 Å². The van der Waals surface area contributed by atoms with E-state index in [1.54, 1.807) is 0 Å². The lowest BCUT2D eigenvalue weighted by Gasteiger charge is -2.20. The van der Waals surface area contributed by atoms with E-state index in [-0.39, 0.29) is 16.4 Å². The number of furan rings is 1. The van der Waals surface area contributed by atoms with Gasteiger partial charge in [0.1, 0.15) is 6.04 Å². The second kappa shape index (κ2) is 6.25. The van der Waals surface area contributed by atoms with Crippen LogP contribution >= 0.6 is 11.6 Å². The third-order valence-corrected chi connectivity index (χ3v) is 3.51. The Bertz CT molecular complexity index is 705. The first-order chi connectivity index (χ1) is 10.3. The minimum Gasteiger partial charge on any atom is -0.440 e. The number of nitrogens with zero attached hydrogens (tertiary/aromatic N) is 1. The SMILES string of the molecule is CC(C)(C)c1ccc(C(C#N)NC(=O)c2ccc(Cl)o2)cc1. The maximum absolute atomic E-state index is 12.0. The van der Waals surface area contributed by atoms with Crippen molar-refractivity contribution in [1.29, 1.82) is 5.26 Å². The van der Waals surface area contributed by atoms with Crippen LogP contribution in [0.5, 0.6) is 0 Å². The van der Waals surface area contributed by atoms with Crippen molar-refractivity contribution >= 4 is 17.5 Å². The summed E-state index contributed by atoms with van der Waals surface area (Å²) in [7, 11) is 0. The first kappa shape index (κ1) is 16.1. The van der Waals surface area contributed by atoms with Gasteiger partial charge in [0.2, 0.25) is 0 Å². The highest BCUT2D eigenvalue weighted by Crippen LogP contribution is 2.24. The minimum atomic E-state index is -0.745. The van der Waals surface area contributed by atoms with Gasteiger partial charge in [0.15, 0.2) is 11.0 Å². The zero-order chi connectivity index (χ0) is 16.3. The molecule has 0 aliphatic heterocycles. The Kier molecular flexibility index (Phi) is 4.58. The molecule has 1 heterocycles. The molecule has 2 aromatic rings. The summed E-state index contributed by atoms with van der Waals surface area (Å²) in [5.41, 5.74) is 1.92. The lowest BCUT2D eigenvalue weighted by Crippen LogP contribution is -2.27. The number of halogens is 1. The summed E-state index contributed by atoms with van der Waals surface area (Å²) in [6.07, 6.45) is 0. The van der Waals surface area contributed by atoms with Crippen molar-refractivity contribution in [3.63, 3.8) is 0 Å².